The van der Waals surface area contributed by atoms with Crippen molar-refractivity contribution >= 4 is 25.4 Å². The number of rotatable bonds is 6. The van der Waals surface area contributed by atoms with Gasteiger partial charge in [0.25, 0.3) is 0 Å². The predicted octanol–water partition coefficient (Wildman–Crippen LogP) is 2.68. The van der Waals surface area contributed by atoms with Gasteiger partial charge in [0, 0.05) is 0 Å². The molecule has 0 saturated heterocycles. The summed E-state index contributed by atoms with van der Waals surface area (Å²) >= 11 is 0. The van der Waals surface area contributed by atoms with E-state index in [4.69, 9.17) is 4.43 Å². The SMILES string of the molecule is CC(C(O[SiH](c1ccccc1)c1ccccc1)C(=O)O)C(C)(C)C. The molecule has 128 valence electrons. The van der Waals surface area contributed by atoms with Gasteiger partial charge in [0.15, 0.2) is 0 Å². The van der Waals surface area contributed by atoms with Crippen molar-refractivity contribution in [3.05, 3.63) is 60.7 Å². The van der Waals surface area contributed by atoms with Crippen molar-refractivity contribution in [2.75, 3.05) is 0 Å². The molecule has 2 atom stereocenters. The third-order valence-electron chi connectivity index (χ3n) is 4.55. The van der Waals surface area contributed by atoms with Gasteiger partial charge >= 0.3 is 5.97 Å². The van der Waals surface area contributed by atoms with E-state index in [1.807, 2.05) is 67.6 Å². The van der Waals surface area contributed by atoms with Crippen molar-refractivity contribution in [2.24, 2.45) is 11.3 Å². The largest absolute Gasteiger partial charge is 0.479 e. The van der Waals surface area contributed by atoms with Gasteiger partial charge in [-0.2, -0.15) is 0 Å². The summed E-state index contributed by atoms with van der Waals surface area (Å²) in [6.45, 7) is 8.12. The first-order valence-electron chi connectivity index (χ1n) is 8.29. The fraction of sp³-hybridized carbons (Fsp3) is 0.350. The first-order chi connectivity index (χ1) is 11.3. The highest BCUT2D eigenvalue weighted by Gasteiger charge is 2.36. The topological polar surface area (TPSA) is 46.5 Å². The summed E-state index contributed by atoms with van der Waals surface area (Å²) in [5.41, 5.74) is -0.143. The van der Waals surface area contributed by atoms with Crippen LogP contribution in [0.4, 0.5) is 0 Å². The fourth-order valence-electron chi connectivity index (χ4n) is 2.60. The van der Waals surface area contributed by atoms with Crippen molar-refractivity contribution in [2.45, 2.75) is 33.8 Å². The molecule has 2 rings (SSSR count). The Morgan fingerprint density at radius 1 is 0.958 bits per heavy atom. The van der Waals surface area contributed by atoms with Crippen LogP contribution in [0, 0.1) is 11.3 Å². The number of hydrogen-bond acceptors (Lipinski definition) is 2. The molecule has 0 aliphatic carbocycles. The lowest BCUT2D eigenvalue weighted by Gasteiger charge is -2.34. The molecular weight excluding hydrogens is 316 g/mol. The average Bonchev–Trinajstić information content (AvgIpc) is 2.55. The van der Waals surface area contributed by atoms with Gasteiger partial charge in [-0.15, -0.1) is 0 Å². The van der Waals surface area contributed by atoms with E-state index in [0.717, 1.165) is 10.4 Å². The van der Waals surface area contributed by atoms with Gasteiger partial charge in [-0.1, -0.05) is 88.4 Å². The number of hydrogen-bond donors (Lipinski definition) is 1. The highest BCUT2D eigenvalue weighted by atomic mass is 28.3. The third kappa shape index (κ3) is 4.55. The van der Waals surface area contributed by atoms with Gasteiger partial charge in [0.05, 0.1) is 0 Å². The normalized spacial score (nSPS) is 14.4. The van der Waals surface area contributed by atoms with E-state index in [0.29, 0.717) is 0 Å². The molecule has 2 unspecified atom stereocenters. The minimum atomic E-state index is -2.07. The van der Waals surface area contributed by atoms with Crippen LogP contribution in [0.25, 0.3) is 0 Å². The summed E-state index contributed by atoms with van der Waals surface area (Å²) in [6, 6.07) is 20.0. The highest BCUT2D eigenvalue weighted by Crippen LogP contribution is 2.30. The standard InChI is InChI=1S/C20H26O3Si/c1-15(20(2,3)4)18(19(21)22)23-24(16-11-7-5-8-12-16)17-13-9-6-10-14-17/h5-15,18,24H,1-4H3,(H,21,22). The Balaban J connectivity index is 2.39. The first kappa shape index (κ1) is 18.4. The van der Waals surface area contributed by atoms with Crippen LogP contribution in [-0.4, -0.2) is 26.2 Å². The smallest absolute Gasteiger partial charge is 0.331 e. The minimum Gasteiger partial charge on any atom is -0.479 e. The molecule has 24 heavy (non-hydrogen) atoms. The summed E-state index contributed by atoms with van der Waals surface area (Å²) in [4.78, 5) is 11.9. The zero-order chi connectivity index (χ0) is 17.7. The summed E-state index contributed by atoms with van der Waals surface area (Å²) in [6.07, 6.45) is -0.818. The van der Waals surface area contributed by atoms with Crippen LogP contribution in [0.1, 0.15) is 27.7 Å². The van der Waals surface area contributed by atoms with Gasteiger partial charge in [-0.25, -0.2) is 4.79 Å². The maximum Gasteiger partial charge on any atom is 0.331 e. The monoisotopic (exact) mass is 342 g/mol. The molecule has 0 spiro atoms. The van der Waals surface area contributed by atoms with Gasteiger partial charge < -0.3 is 9.53 Å². The van der Waals surface area contributed by atoms with Crippen LogP contribution in [0.2, 0.25) is 0 Å². The zero-order valence-electron chi connectivity index (χ0n) is 14.8. The molecule has 0 aliphatic heterocycles. The molecule has 1 N–H and O–H groups in total. The molecule has 0 heterocycles. The summed E-state index contributed by atoms with van der Waals surface area (Å²) < 4.78 is 6.31. The van der Waals surface area contributed by atoms with E-state index in [-0.39, 0.29) is 11.3 Å². The predicted molar refractivity (Wildman–Crippen MR) is 100 cm³/mol. The molecule has 2 aromatic carbocycles. The average molecular weight is 343 g/mol. The third-order valence-corrected chi connectivity index (χ3v) is 7.10. The maximum atomic E-state index is 11.9. The number of carboxylic acid groups (broad SMARTS) is 1. The Bertz CT molecular complexity index is 610. The van der Waals surface area contributed by atoms with Crippen LogP contribution in [0.3, 0.4) is 0 Å². The minimum absolute atomic E-state index is 0.0996. The van der Waals surface area contributed by atoms with Gasteiger partial charge in [-0.3, -0.25) is 0 Å². The lowest BCUT2D eigenvalue weighted by atomic mass is 9.79. The fourth-order valence-corrected chi connectivity index (χ4v) is 5.08. The molecule has 0 aliphatic rings. The first-order valence-corrected chi connectivity index (χ1v) is 9.91. The van der Waals surface area contributed by atoms with Crippen molar-refractivity contribution in [3.8, 4) is 0 Å². The van der Waals surface area contributed by atoms with Crippen LogP contribution < -0.4 is 10.4 Å². The van der Waals surface area contributed by atoms with Crippen molar-refractivity contribution < 1.29 is 14.3 Å². The molecule has 0 fully saturated rings. The van der Waals surface area contributed by atoms with E-state index >= 15 is 0 Å². The van der Waals surface area contributed by atoms with Crippen molar-refractivity contribution in [1.82, 2.24) is 0 Å². The summed E-state index contributed by atoms with van der Waals surface area (Å²) in [7, 11) is -2.07. The van der Waals surface area contributed by atoms with Crippen LogP contribution in [-0.2, 0) is 9.22 Å². The summed E-state index contributed by atoms with van der Waals surface area (Å²) in [5, 5.41) is 11.9. The molecule has 0 bridgehead atoms. The molecule has 4 heteroatoms. The van der Waals surface area contributed by atoms with Crippen molar-refractivity contribution in [1.29, 1.82) is 0 Å². The number of benzene rings is 2. The Labute approximate surface area is 146 Å². The number of aliphatic carboxylic acids is 1. The van der Waals surface area contributed by atoms with Crippen LogP contribution in [0.15, 0.2) is 60.7 Å². The van der Waals surface area contributed by atoms with Crippen LogP contribution in [0.5, 0.6) is 0 Å². The van der Waals surface area contributed by atoms with E-state index in [2.05, 4.69) is 20.8 Å². The molecule has 0 saturated carbocycles. The van der Waals surface area contributed by atoms with Gasteiger partial charge in [0.1, 0.15) is 6.10 Å². The quantitative estimate of drug-likeness (QED) is 0.821. The zero-order valence-corrected chi connectivity index (χ0v) is 15.9. The maximum absolute atomic E-state index is 11.9. The Kier molecular flexibility index (Phi) is 5.97. The summed E-state index contributed by atoms with van der Waals surface area (Å²) in [5.74, 6) is -0.987. The second-order valence-electron chi connectivity index (χ2n) is 7.25. The Morgan fingerprint density at radius 2 is 1.38 bits per heavy atom. The molecule has 0 amide bonds. The second-order valence-corrected chi connectivity index (χ2v) is 9.62. The Morgan fingerprint density at radius 3 is 1.71 bits per heavy atom. The molecular formula is C20H26O3Si. The van der Waals surface area contributed by atoms with Gasteiger partial charge in [0.2, 0.25) is 9.04 Å². The number of carboxylic acids is 1. The van der Waals surface area contributed by atoms with Crippen LogP contribution >= 0.6 is 0 Å². The van der Waals surface area contributed by atoms with E-state index < -0.39 is 21.1 Å². The molecule has 0 aromatic heterocycles. The van der Waals surface area contributed by atoms with Crippen molar-refractivity contribution in [3.63, 3.8) is 0 Å². The lowest BCUT2D eigenvalue weighted by molar-refractivity contribution is -0.149. The Hall–Kier alpha value is -1.91. The molecule has 0 radical (unpaired) electrons. The van der Waals surface area contributed by atoms with Gasteiger partial charge in [-0.05, 0) is 21.7 Å². The van der Waals surface area contributed by atoms with E-state index in [9.17, 15) is 9.90 Å². The highest BCUT2D eigenvalue weighted by molar-refractivity contribution is 6.80. The lowest BCUT2D eigenvalue weighted by Crippen LogP contribution is -2.51. The van der Waals surface area contributed by atoms with E-state index in [1.54, 1.807) is 0 Å². The second kappa shape index (κ2) is 7.77. The molecule has 2 aromatic rings. The molecule has 3 nitrogen and oxygen atoms in total. The number of carbonyl (C=O) groups is 1. The van der Waals surface area contributed by atoms with E-state index in [1.165, 1.54) is 0 Å².